The quantitative estimate of drug-likeness (QED) is 0.640. The van der Waals surface area contributed by atoms with E-state index in [-0.39, 0.29) is 22.8 Å². The Bertz CT molecular complexity index is 1090. The van der Waals surface area contributed by atoms with Gasteiger partial charge in [0.15, 0.2) is 0 Å². The molecule has 0 saturated carbocycles. The summed E-state index contributed by atoms with van der Waals surface area (Å²) in [7, 11) is -2.42. The molecule has 2 aromatic carbocycles. The average molecular weight is 412 g/mol. The number of anilines is 2. The number of sulfonamides is 1. The predicted molar refractivity (Wildman–Crippen MR) is 110 cm³/mol. The van der Waals surface area contributed by atoms with Crippen molar-refractivity contribution in [1.82, 2.24) is 9.97 Å². The summed E-state index contributed by atoms with van der Waals surface area (Å²) in [6, 6.07) is 13.1. The molecular formula is C20H20N4O4S. The van der Waals surface area contributed by atoms with Crippen LogP contribution in [0.15, 0.2) is 72.0 Å². The monoisotopic (exact) mass is 412 g/mol. The number of carbonyl (C=O) groups excluding carboxylic acids is 1. The Labute approximate surface area is 169 Å². The van der Waals surface area contributed by atoms with Gasteiger partial charge in [-0.3, -0.25) is 14.1 Å². The van der Waals surface area contributed by atoms with Gasteiger partial charge in [-0.2, -0.15) is 0 Å². The maximum atomic E-state index is 13.2. The number of benzene rings is 2. The minimum atomic E-state index is -3.85. The van der Waals surface area contributed by atoms with Gasteiger partial charge in [0, 0.05) is 18.9 Å². The molecule has 0 aliphatic carbocycles. The van der Waals surface area contributed by atoms with Crippen LogP contribution in [-0.4, -0.2) is 37.9 Å². The lowest BCUT2D eigenvalue weighted by Gasteiger charge is -2.23. The minimum Gasteiger partial charge on any atom is -0.495 e. The van der Waals surface area contributed by atoms with Crippen LogP contribution in [0.25, 0.3) is 0 Å². The van der Waals surface area contributed by atoms with Crippen molar-refractivity contribution in [2.75, 3.05) is 23.3 Å². The van der Waals surface area contributed by atoms with E-state index >= 15 is 0 Å². The number of aromatic nitrogens is 2. The van der Waals surface area contributed by atoms with Crippen LogP contribution in [0.1, 0.15) is 17.4 Å². The summed E-state index contributed by atoms with van der Waals surface area (Å²) in [6.45, 7) is 2.00. The maximum Gasteiger partial charge on any atom is 0.275 e. The van der Waals surface area contributed by atoms with E-state index in [1.807, 2.05) is 6.07 Å². The molecule has 0 bridgehead atoms. The van der Waals surface area contributed by atoms with Crippen molar-refractivity contribution in [3.05, 3.63) is 72.8 Å². The summed E-state index contributed by atoms with van der Waals surface area (Å²) < 4.78 is 33.0. The zero-order valence-electron chi connectivity index (χ0n) is 15.9. The first-order valence-electron chi connectivity index (χ1n) is 8.80. The van der Waals surface area contributed by atoms with Gasteiger partial charge in [0.1, 0.15) is 11.4 Å². The fourth-order valence-electron chi connectivity index (χ4n) is 2.76. The molecule has 1 aromatic heterocycles. The fourth-order valence-corrected chi connectivity index (χ4v) is 4.26. The number of nitrogens with zero attached hydrogens (tertiary/aromatic N) is 3. The molecule has 29 heavy (non-hydrogen) atoms. The molecule has 0 atom stereocenters. The maximum absolute atomic E-state index is 13.2. The number of hydrogen-bond donors (Lipinski definition) is 1. The van der Waals surface area contributed by atoms with Crippen molar-refractivity contribution in [3.63, 3.8) is 0 Å². The van der Waals surface area contributed by atoms with Crippen LogP contribution in [0.3, 0.4) is 0 Å². The minimum absolute atomic E-state index is 0.0263. The second-order valence-electron chi connectivity index (χ2n) is 5.91. The molecule has 3 rings (SSSR count). The van der Waals surface area contributed by atoms with Crippen LogP contribution >= 0.6 is 0 Å². The number of para-hydroxylation sites is 1. The Morgan fingerprint density at radius 1 is 1.14 bits per heavy atom. The molecule has 0 spiro atoms. The number of nitrogens with one attached hydrogen (secondary N) is 1. The summed E-state index contributed by atoms with van der Waals surface area (Å²) in [5.74, 6) is -0.203. The molecule has 0 aliphatic rings. The van der Waals surface area contributed by atoms with Crippen molar-refractivity contribution < 1.29 is 17.9 Å². The van der Waals surface area contributed by atoms with Crippen LogP contribution in [0, 0.1) is 0 Å². The average Bonchev–Trinajstić information content (AvgIpc) is 2.75. The third-order valence-corrected chi connectivity index (χ3v) is 6.03. The molecule has 0 saturated heterocycles. The number of methoxy groups -OCH3 is 1. The van der Waals surface area contributed by atoms with Gasteiger partial charge in [-0.15, -0.1) is 0 Å². The van der Waals surface area contributed by atoms with E-state index in [9.17, 15) is 13.2 Å². The van der Waals surface area contributed by atoms with Gasteiger partial charge in [-0.05, 0) is 37.3 Å². The molecule has 1 heterocycles. The molecular weight excluding hydrogens is 392 g/mol. The first-order chi connectivity index (χ1) is 14.0. The van der Waals surface area contributed by atoms with E-state index in [4.69, 9.17) is 4.74 Å². The van der Waals surface area contributed by atoms with Crippen molar-refractivity contribution in [1.29, 1.82) is 0 Å². The van der Waals surface area contributed by atoms with E-state index in [0.29, 0.717) is 11.4 Å². The molecule has 1 amide bonds. The van der Waals surface area contributed by atoms with E-state index in [0.717, 1.165) is 0 Å². The highest BCUT2D eigenvalue weighted by molar-refractivity contribution is 7.92. The largest absolute Gasteiger partial charge is 0.495 e. The first kappa shape index (κ1) is 20.3. The van der Waals surface area contributed by atoms with E-state index < -0.39 is 15.9 Å². The van der Waals surface area contributed by atoms with Crippen molar-refractivity contribution in [2.24, 2.45) is 0 Å². The topological polar surface area (TPSA) is 101 Å². The Kier molecular flexibility index (Phi) is 6.08. The standard InChI is InChI=1S/C20H20N4O4S/c1-3-24(15-7-5-4-6-8-15)29(26,27)16-9-10-19(28-2)17(13-16)23-20(25)18-14-21-11-12-22-18/h4-14H,3H2,1-2H3,(H,23,25). The number of carbonyl (C=O) groups is 1. The molecule has 9 heteroatoms. The number of ether oxygens (including phenoxy) is 1. The summed E-state index contributed by atoms with van der Waals surface area (Å²) in [6.07, 6.45) is 4.16. The Morgan fingerprint density at radius 3 is 2.52 bits per heavy atom. The van der Waals surface area contributed by atoms with Crippen LogP contribution in [0.4, 0.5) is 11.4 Å². The zero-order chi connectivity index (χ0) is 20.9. The number of hydrogen-bond acceptors (Lipinski definition) is 6. The highest BCUT2D eigenvalue weighted by Crippen LogP contribution is 2.31. The van der Waals surface area contributed by atoms with Gasteiger partial charge in [0.2, 0.25) is 0 Å². The van der Waals surface area contributed by atoms with Gasteiger partial charge in [0.05, 0.1) is 29.6 Å². The lowest BCUT2D eigenvalue weighted by Crippen LogP contribution is -2.30. The van der Waals surface area contributed by atoms with Crippen LogP contribution in [-0.2, 0) is 10.0 Å². The third kappa shape index (κ3) is 4.35. The second-order valence-corrected chi connectivity index (χ2v) is 7.77. The van der Waals surface area contributed by atoms with Crippen LogP contribution in [0.5, 0.6) is 5.75 Å². The molecule has 0 radical (unpaired) electrons. The van der Waals surface area contributed by atoms with Crippen molar-refractivity contribution >= 4 is 27.3 Å². The summed E-state index contributed by atoms with van der Waals surface area (Å²) >= 11 is 0. The Morgan fingerprint density at radius 2 is 1.90 bits per heavy atom. The highest BCUT2D eigenvalue weighted by atomic mass is 32.2. The molecule has 0 unspecified atom stereocenters. The number of amides is 1. The summed E-state index contributed by atoms with van der Waals surface area (Å²) in [4.78, 5) is 20.3. The predicted octanol–water partition coefficient (Wildman–Crippen LogP) is 2.95. The Hall–Kier alpha value is -3.46. The molecule has 150 valence electrons. The van der Waals surface area contributed by atoms with Gasteiger partial charge in [-0.1, -0.05) is 18.2 Å². The number of rotatable bonds is 7. The molecule has 8 nitrogen and oxygen atoms in total. The normalized spacial score (nSPS) is 11.0. The lowest BCUT2D eigenvalue weighted by molar-refractivity contribution is 0.102. The molecule has 3 aromatic rings. The zero-order valence-corrected chi connectivity index (χ0v) is 16.8. The molecule has 0 fully saturated rings. The SMILES string of the molecule is CCN(c1ccccc1)S(=O)(=O)c1ccc(OC)c(NC(=O)c2cnccn2)c1. The summed E-state index contributed by atoms with van der Waals surface area (Å²) in [5, 5.41) is 2.64. The Balaban J connectivity index is 1.98. The van der Waals surface area contributed by atoms with Gasteiger partial charge < -0.3 is 10.1 Å². The molecule has 1 N–H and O–H groups in total. The first-order valence-corrected chi connectivity index (χ1v) is 10.2. The van der Waals surface area contributed by atoms with Gasteiger partial charge in [0.25, 0.3) is 15.9 Å². The van der Waals surface area contributed by atoms with E-state index in [1.165, 1.54) is 48.2 Å². The smallest absolute Gasteiger partial charge is 0.275 e. The van der Waals surface area contributed by atoms with Crippen molar-refractivity contribution in [3.8, 4) is 5.75 Å². The second kappa shape index (κ2) is 8.70. The fraction of sp³-hybridized carbons (Fsp3) is 0.150. The van der Waals surface area contributed by atoms with E-state index in [2.05, 4.69) is 15.3 Å². The summed E-state index contributed by atoms with van der Waals surface area (Å²) in [5.41, 5.74) is 0.867. The van der Waals surface area contributed by atoms with Gasteiger partial charge >= 0.3 is 0 Å². The van der Waals surface area contributed by atoms with Gasteiger partial charge in [-0.25, -0.2) is 13.4 Å². The van der Waals surface area contributed by atoms with Crippen LogP contribution < -0.4 is 14.4 Å². The van der Waals surface area contributed by atoms with Crippen molar-refractivity contribution in [2.45, 2.75) is 11.8 Å². The lowest BCUT2D eigenvalue weighted by atomic mass is 10.2. The van der Waals surface area contributed by atoms with E-state index in [1.54, 1.807) is 31.2 Å². The van der Waals surface area contributed by atoms with Crippen LogP contribution in [0.2, 0.25) is 0 Å². The highest BCUT2D eigenvalue weighted by Gasteiger charge is 2.25. The third-order valence-electron chi connectivity index (χ3n) is 4.13. The molecule has 0 aliphatic heterocycles.